The van der Waals surface area contributed by atoms with Gasteiger partial charge < -0.3 is 10.2 Å². The highest BCUT2D eigenvalue weighted by Gasteiger charge is 2.63. The maximum Gasteiger partial charge on any atom is 0.328 e. The smallest absolute Gasteiger partial charge is 0.328 e. The molecule has 2 saturated carbocycles. The van der Waals surface area contributed by atoms with Crippen LogP contribution in [0.3, 0.4) is 0 Å². The van der Waals surface area contributed by atoms with Crippen molar-refractivity contribution in [3.63, 3.8) is 0 Å². The van der Waals surface area contributed by atoms with Crippen LogP contribution in [-0.2, 0) is 4.79 Å². The summed E-state index contributed by atoms with van der Waals surface area (Å²) in [4.78, 5) is 10.7. The highest BCUT2D eigenvalue weighted by molar-refractivity contribution is 5.81. The van der Waals surface area contributed by atoms with E-state index in [1.807, 2.05) is 0 Å². The Morgan fingerprint density at radius 1 is 1.47 bits per heavy atom. The van der Waals surface area contributed by atoms with Gasteiger partial charge in [0.05, 0.1) is 6.10 Å². The van der Waals surface area contributed by atoms with E-state index in [1.54, 1.807) is 0 Å². The van der Waals surface area contributed by atoms with Gasteiger partial charge in [0.1, 0.15) is 0 Å². The summed E-state index contributed by atoms with van der Waals surface area (Å²) in [6, 6.07) is 0. The van der Waals surface area contributed by atoms with Gasteiger partial charge in [-0.1, -0.05) is 20.8 Å². The zero-order valence-corrected chi connectivity index (χ0v) is 9.45. The molecule has 2 unspecified atom stereocenters. The van der Waals surface area contributed by atoms with E-state index < -0.39 is 12.1 Å². The summed E-state index contributed by atoms with van der Waals surface area (Å²) < 4.78 is 0. The van der Waals surface area contributed by atoms with Crippen molar-refractivity contribution >= 4 is 5.97 Å². The van der Waals surface area contributed by atoms with Gasteiger partial charge >= 0.3 is 5.97 Å². The fourth-order valence-electron chi connectivity index (χ4n) is 3.48. The minimum atomic E-state index is -0.948. The van der Waals surface area contributed by atoms with Crippen molar-refractivity contribution in [2.24, 2.45) is 16.7 Å². The van der Waals surface area contributed by atoms with E-state index in [9.17, 15) is 9.90 Å². The Kier molecular flexibility index (Phi) is 2.03. The number of aliphatic hydroxyl groups is 1. The molecule has 2 aliphatic carbocycles. The highest BCUT2D eigenvalue weighted by Crippen LogP contribution is 2.67. The summed E-state index contributed by atoms with van der Waals surface area (Å²) in [5, 5.41) is 19.0. The fourth-order valence-corrected chi connectivity index (χ4v) is 3.48. The maximum absolute atomic E-state index is 10.7. The Balaban J connectivity index is 2.47. The van der Waals surface area contributed by atoms with Gasteiger partial charge in [-0.05, 0) is 29.7 Å². The molecule has 0 aromatic rings. The quantitative estimate of drug-likeness (QED) is 0.649. The second-order valence-electron chi connectivity index (χ2n) is 5.62. The van der Waals surface area contributed by atoms with Crippen LogP contribution in [0.15, 0.2) is 11.6 Å². The molecular formula is C12H18O3. The van der Waals surface area contributed by atoms with E-state index in [2.05, 4.69) is 20.8 Å². The van der Waals surface area contributed by atoms with Gasteiger partial charge in [-0.25, -0.2) is 4.79 Å². The monoisotopic (exact) mass is 210 g/mol. The number of carbonyl (C=O) groups is 1. The van der Waals surface area contributed by atoms with Gasteiger partial charge in [-0.15, -0.1) is 0 Å². The largest absolute Gasteiger partial charge is 0.478 e. The van der Waals surface area contributed by atoms with Crippen molar-refractivity contribution in [2.75, 3.05) is 0 Å². The zero-order chi connectivity index (χ0) is 11.4. The van der Waals surface area contributed by atoms with Crippen LogP contribution < -0.4 is 0 Å². The molecule has 3 nitrogen and oxygen atoms in total. The summed E-state index contributed by atoms with van der Waals surface area (Å²) >= 11 is 0. The Labute approximate surface area is 89.8 Å². The van der Waals surface area contributed by atoms with Crippen LogP contribution in [0.25, 0.3) is 0 Å². The third kappa shape index (κ3) is 1.13. The third-order valence-corrected chi connectivity index (χ3v) is 4.91. The first-order valence-electron chi connectivity index (χ1n) is 5.43. The molecule has 2 aliphatic rings. The molecule has 0 amide bonds. The van der Waals surface area contributed by atoms with Crippen LogP contribution in [0.4, 0.5) is 0 Å². The van der Waals surface area contributed by atoms with Gasteiger partial charge in [0.2, 0.25) is 0 Å². The van der Waals surface area contributed by atoms with Crippen LogP contribution in [0.5, 0.6) is 0 Å². The van der Waals surface area contributed by atoms with Crippen molar-refractivity contribution in [1.29, 1.82) is 0 Å². The van der Waals surface area contributed by atoms with Gasteiger partial charge in [0.25, 0.3) is 0 Å². The number of hydrogen-bond acceptors (Lipinski definition) is 2. The lowest BCUT2D eigenvalue weighted by Gasteiger charge is -2.36. The number of hydrogen-bond donors (Lipinski definition) is 2. The minimum absolute atomic E-state index is 0.00764. The number of aliphatic hydroxyl groups excluding tert-OH is 1. The summed E-state index contributed by atoms with van der Waals surface area (Å²) in [5.41, 5.74) is 0.577. The first-order chi connectivity index (χ1) is 6.80. The molecule has 2 rings (SSSR count). The summed E-state index contributed by atoms with van der Waals surface area (Å²) in [7, 11) is 0. The molecule has 0 spiro atoms. The molecule has 2 bridgehead atoms. The molecule has 0 aromatic carbocycles. The lowest BCUT2D eigenvalue weighted by atomic mass is 9.70. The van der Waals surface area contributed by atoms with Crippen LogP contribution in [0.1, 0.15) is 33.6 Å². The van der Waals surface area contributed by atoms with Crippen LogP contribution >= 0.6 is 0 Å². The van der Waals surface area contributed by atoms with Crippen molar-refractivity contribution in [1.82, 2.24) is 0 Å². The van der Waals surface area contributed by atoms with E-state index >= 15 is 0 Å². The normalized spacial score (nSPS) is 44.9. The summed E-state index contributed by atoms with van der Waals surface area (Å²) in [6.45, 7) is 6.34. The molecule has 0 aromatic heterocycles. The van der Waals surface area contributed by atoms with E-state index in [1.165, 1.54) is 6.08 Å². The van der Waals surface area contributed by atoms with E-state index in [4.69, 9.17) is 5.11 Å². The minimum Gasteiger partial charge on any atom is -0.478 e. The second-order valence-corrected chi connectivity index (χ2v) is 5.62. The van der Waals surface area contributed by atoms with Gasteiger partial charge in [-0.3, -0.25) is 0 Å². The molecule has 0 aliphatic heterocycles. The molecule has 3 heteroatoms. The second kappa shape index (κ2) is 2.85. The Morgan fingerprint density at radius 2 is 2.07 bits per heavy atom. The number of fused-ring (bicyclic) bond motifs is 2. The van der Waals surface area contributed by atoms with Gasteiger partial charge in [0.15, 0.2) is 0 Å². The average Bonchev–Trinajstić information content (AvgIpc) is 2.40. The van der Waals surface area contributed by atoms with Crippen molar-refractivity contribution in [3.05, 3.63) is 11.6 Å². The molecule has 0 saturated heterocycles. The van der Waals surface area contributed by atoms with Crippen molar-refractivity contribution in [2.45, 2.75) is 39.7 Å². The molecular weight excluding hydrogens is 192 g/mol. The van der Waals surface area contributed by atoms with Crippen LogP contribution in [0.2, 0.25) is 0 Å². The number of carboxylic acids is 1. The van der Waals surface area contributed by atoms with Crippen LogP contribution in [0, 0.1) is 16.7 Å². The van der Waals surface area contributed by atoms with E-state index in [0.717, 1.165) is 18.4 Å². The predicted molar refractivity (Wildman–Crippen MR) is 56.3 cm³/mol. The molecule has 15 heavy (non-hydrogen) atoms. The number of rotatable bonds is 1. The lowest BCUT2D eigenvalue weighted by Crippen LogP contribution is -2.35. The molecule has 2 fully saturated rings. The van der Waals surface area contributed by atoms with Crippen LogP contribution in [-0.4, -0.2) is 22.3 Å². The average molecular weight is 210 g/mol. The molecule has 3 atom stereocenters. The first-order valence-corrected chi connectivity index (χ1v) is 5.43. The topological polar surface area (TPSA) is 57.5 Å². The SMILES string of the molecule is CC12CC[C@H](/C(=C\C(=O)O)C1O)C2(C)C. The number of carboxylic acid groups (broad SMARTS) is 1. The number of aliphatic carboxylic acids is 1. The third-order valence-electron chi connectivity index (χ3n) is 4.91. The molecule has 84 valence electrons. The van der Waals surface area contributed by atoms with Gasteiger partial charge in [-0.2, -0.15) is 0 Å². The summed E-state index contributed by atoms with van der Waals surface area (Å²) in [6.07, 6.45) is 2.62. The Hall–Kier alpha value is -0.830. The zero-order valence-electron chi connectivity index (χ0n) is 9.45. The Bertz CT molecular complexity index is 343. The molecule has 0 radical (unpaired) electrons. The predicted octanol–water partition coefficient (Wildman–Crippen LogP) is 1.81. The molecule has 2 N–H and O–H groups in total. The van der Waals surface area contributed by atoms with E-state index in [0.29, 0.717) is 0 Å². The van der Waals surface area contributed by atoms with E-state index in [-0.39, 0.29) is 16.7 Å². The van der Waals surface area contributed by atoms with Gasteiger partial charge in [0, 0.05) is 11.5 Å². The van der Waals surface area contributed by atoms with Crippen molar-refractivity contribution in [3.8, 4) is 0 Å². The molecule has 0 heterocycles. The fraction of sp³-hybridized carbons (Fsp3) is 0.750. The summed E-state index contributed by atoms with van der Waals surface area (Å²) in [5.74, 6) is -0.718. The Morgan fingerprint density at radius 3 is 2.47 bits per heavy atom. The lowest BCUT2D eigenvalue weighted by molar-refractivity contribution is -0.131. The highest BCUT2D eigenvalue weighted by atomic mass is 16.4. The first kappa shape index (κ1) is 10.7. The maximum atomic E-state index is 10.7. The standard InChI is InChI=1S/C12H18O3/c1-11(2)8-4-5-12(11,3)10(15)7(8)6-9(13)14/h6,8,10,15H,4-5H2,1-3H3,(H,13,14)/b7-6+/t8-,10?,12?/m1/s1. The van der Waals surface area contributed by atoms with Crippen molar-refractivity contribution < 1.29 is 15.0 Å².